The minimum Gasteiger partial charge on any atom is -0.452 e. The summed E-state index contributed by atoms with van der Waals surface area (Å²) in [6, 6.07) is 32.5. The van der Waals surface area contributed by atoms with Crippen LogP contribution in [0.3, 0.4) is 0 Å². The lowest BCUT2D eigenvalue weighted by atomic mass is 9.91. The highest BCUT2D eigenvalue weighted by Gasteiger charge is 2.28. The zero-order chi connectivity index (χ0) is 23.5. The highest BCUT2D eigenvalue weighted by molar-refractivity contribution is 6.31. The predicted molar refractivity (Wildman–Crippen MR) is 133 cm³/mol. The molecule has 0 aliphatic heterocycles. The van der Waals surface area contributed by atoms with Crippen LogP contribution in [-0.2, 0) is 4.79 Å². The molecule has 0 unspecified atom stereocenters. The van der Waals surface area contributed by atoms with E-state index in [4.69, 9.17) is 20.8 Å². The van der Waals surface area contributed by atoms with E-state index < -0.39 is 17.3 Å². The first-order valence-electron chi connectivity index (χ1n) is 10.7. The van der Waals surface area contributed by atoms with Crippen LogP contribution in [-0.4, -0.2) is 5.97 Å². The van der Waals surface area contributed by atoms with Crippen LogP contribution in [0.1, 0.15) is 17.0 Å². The second-order valence-electron chi connectivity index (χ2n) is 7.77. The molecule has 0 fully saturated rings. The smallest absolute Gasteiger partial charge is 0.323 e. The molecule has 5 aromatic rings. The van der Waals surface area contributed by atoms with Crippen molar-refractivity contribution in [1.82, 2.24) is 0 Å². The second-order valence-corrected chi connectivity index (χ2v) is 8.21. The van der Waals surface area contributed by atoms with E-state index in [1.807, 2.05) is 78.9 Å². The summed E-state index contributed by atoms with van der Waals surface area (Å²) in [4.78, 5) is 27.1. The summed E-state index contributed by atoms with van der Waals surface area (Å²) < 4.78 is 11.9. The zero-order valence-corrected chi connectivity index (χ0v) is 18.7. The van der Waals surface area contributed by atoms with Gasteiger partial charge in [0.25, 0.3) is 0 Å². The number of carbonyl (C=O) groups is 1. The van der Waals surface area contributed by atoms with Crippen LogP contribution in [0, 0.1) is 0 Å². The lowest BCUT2D eigenvalue weighted by Crippen LogP contribution is -2.23. The SMILES string of the molecule is O=C(Oc1c(-c2ccccc2)oc2ccc(Cl)cc2c1=O)C(c1ccccc1)c1ccccc1. The molecular weight excluding hydrogens is 448 g/mol. The normalized spacial score (nSPS) is 11.0. The van der Waals surface area contributed by atoms with Crippen molar-refractivity contribution < 1.29 is 13.9 Å². The van der Waals surface area contributed by atoms with E-state index >= 15 is 0 Å². The molecule has 5 rings (SSSR count). The van der Waals surface area contributed by atoms with Crippen LogP contribution in [0.4, 0.5) is 0 Å². The van der Waals surface area contributed by atoms with Crippen molar-refractivity contribution in [3.05, 3.63) is 136 Å². The second kappa shape index (κ2) is 9.38. The summed E-state index contributed by atoms with van der Waals surface area (Å²) in [6.07, 6.45) is 0. The Labute approximate surface area is 201 Å². The predicted octanol–water partition coefficient (Wildman–Crippen LogP) is 6.85. The number of hydrogen-bond donors (Lipinski definition) is 0. The molecule has 0 aliphatic rings. The van der Waals surface area contributed by atoms with Gasteiger partial charge in [-0.05, 0) is 29.3 Å². The topological polar surface area (TPSA) is 56.5 Å². The Hall–Kier alpha value is -4.15. The number of rotatable bonds is 5. The van der Waals surface area contributed by atoms with E-state index in [0.717, 1.165) is 11.1 Å². The molecule has 0 N–H and O–H groups in total. The van der Waals surface area contributed by atoms with Gasteiger partial charge in [0.1, 0.15) is 11.5 Å². The van der Waals surface area contributed by atoms with Crippen LogP contribution in [0.2, 0.25) is 5.02 Å². The van der Waals surface area contributed by atoms with E-state index in [9.17, 15) is 9.59 Å². The van der Waals surface area contributed by atoms with Gasteiger partial charge in [0.15, 0.2) is 5.76 Å². The van der Waals surface area contributed by atoms with Crippen molar-refractivity contribution >= 4 is 28.5 Å². The van der Waals surface area contributed by atoms with Crippen LogP contribution in [0.5, 0.6) is 5.75 Å². The molecule has 0 atom stereocenters. The average Bonchev–Trinajstić information content (AvgIpc) is 2.88. The third-order valence-corrected chi connectivity index (χ3v) is 5.79. The van der Waals surface area contributed by atoms with Gasteiger partial charge in [-0.25, -0.2) is 0 Å². The third-order valence-electron chi connectivity index (χ3n) is 5.55. The number of fused-ring (bicyclic) bond motifs is 1. The zero-order valence-electron chi connectivity index (χ0n) is 18.0. The minimum atomic E-state index is -0.722. The van der Waals surface area contributed by atoms with Crippen molar-refractivity contribution in [2.75, 3.05) is 0 Å². The van der Waals surface area contributed by atoms with Crippen LogP contribution in [0.25, 0.3) is 22.3 Å². The van der Waals surface area contributed by atoms with Gasteiger partial charge < -0.3 is 9.15 Å². The molecule has 1 heterocycles. The number of ether oxygens (including phenoxy) is 1. The molecule has 0 spiro atoms. The highest BCUT2D eigenvalue weighted by atomic mass is 35.5. The summed E-state index contributed by atoms with van der Waals surface area (Å²) in [7, 11) is 0. The van der Waals surface area contributed by atoms with Gasteiger partial charge in [-0.3, -0.25) is 9.59 Å². The number of benzene rings is 4. The summed E-state index contributed by atoms with van der Waals surface area (Å²) >= 11 is 6.13. The number of hydrogen-bond acceptors (Lipinski definition) is 4. The molecule has 0 bridgehead atoms. The molecule has 166 valence electrons. The van der Waals surface area contributed by atoms with Gasteiger partial charge in [-0.1, -0.05) is 103 Å². The Morgan fingerprint density at radius 3 is 1.91 bits per heavy atom. The largest absolute Gasteiger partial charge is 0.452 e. The monoisotopic (exact) mass is 466 g/mol. The lowest BCUT2D eigenvalue weighted by molar-refractivity contribution is -0.135. The Morgan fingerprint density at radius 1 is 0.765 bits per heavy atom. The highest BCUT2D eigenvalue weighted by Crippen LogP contribution is 2.34. The van der Waals surface area contributed by atoms with Gasteiger partial charge in [0.2, 0.25) is 11.2 Å². The van der Waals surface area contributed by atoms with Gasteiger partial charge in [0.05, 0.1) is 5.39 Å². The van der Waals surface area contributed by atoms with Crippen molar-refractivity contribution in [3.8, 4) is 17.1 Å². The van der Waals surface area contributed by atoms with Gasteiger partial charge in [-0.2, -0.15) is 0 Å². The summed E-state index contributed by atoms with van der Waals surface area (Å²) in [5, 5.41) is 0.627. The van der Waals surface area contributed by atoms with Crippen LogP contribution >= 0.6 is 11.6 Å². The van der Waals surface area contributed by atoms with E-state index in [0.29, 0.717) is 16.2 Å². The molecule has 0 saturated carbocycles. The van der Waals surface area contributed by atoms with E-state index in [-0.39, 0.29) is 16.9 Å². The molecule has 4 aromatic carbocycles. The Kier molecular flexibility index (Phi) is 5.98. The Balaban J connectivity index is 1.67. The number of halogens is 1. The van der Waals surface area contributed by atoms with Crippen LogP contribution < -0.4 is 10.2 Å². The summed E-state index contributed by atoms with van der Waals surface area (Å²) in [5.41, 5.74) is 2.03. The quantitative estimate of drug-likeness (QED) is 0.266. The molecule has 0 aliphatic carbocycles. The fourth-order valence-electron chi connectivity index (χ4n) is 3.94. The average molecular weight is 467 g/mol. The van der Waals surface area contributed by atoms with Crippen molar-refractivity contribution in [2.45, 2.75) is 5.92 Å². The van der Waals surface area contributed by atoms with Crippen molar-refractivity contribution in [2.24, 2.45) is 0 Å². The summed E-state index contributed by atoms with van der Waals surface area (Å²) in [6.45, 7) is 0. The fourth-order valence-corrected chi connectivity index (χ4v) is 4.11. The maximum absolute atomic E-state index is 13.6. The van der Waals surface area contributed by atoms with E-state index in [2.05, 4.69) is 0 Å². The van der Waals surface area contributed by atoms with Gasteiger partial charge in [-0.15, -0.1) is 0 Å². The van der Waals surface area contributed by atoms with Crippen molar-refractivity contribution in [3.63, 3.8) is 0 Å². The van der Waals surface area contributed by atoms with Gasteiger partial charge >= 0.3 is 5.97 Å². The van der Waals surface area contributed by atoms with Crippen molar-refractivity contribution in [1.29, 1.82) is 0 Å². The lowest BCUT2D eigenvalue weighted by Gasteiger charge is -2.18. The number of esters is 1. The summed E-state index contributed by atoms with van der Waals surface area (Å²) in [5.74, 6) is -1.28. The maximum Gasteiger partial charge on any atom is 0.323 e. The first kappa shape index (κ1) is 21.7. The minimum absolute atomic E-state index is 0.164. The van der Waals surface area contributed by atoms with Crippen LogP contribution in [0.15, 0.2) is 118 Å². The molecule has 5 heteroatoms. The third kappa shape index (κ3) is 4.24. The van der Waals surface area contributed by atoms with Gasteiger partial charge in [0, 0.05) is 10.6 Å². The number of carbonyl (C=O) groups excluding carboxylic acids is 1. The fraction of sp³-hybridized carbons (Fsp3) is 0.0345. The standard InChI is InChI=1S/C29H19ClO4/c30-22-16-17-24-23(18-22)26(31)28(27(33-24)21-14-8-3-9-15-21)34-29(32)25(19-10-4-1-5-11-19)20-12-6-2-7-13-20/h1-18,25H. The Bertz CT molecular complexity index is 1470. The molecule has 1 aromatic heterocycles. The first-order chi connectivity index (χ1) is 16.6. The molecule has 4 nitrogen and oxygen atoms in total. The molecule has 0 amide bonds. The molecule has 34 heavy (non-hydrogen) atoms. The molecular formula is C29H19ClO4. The molecule has 0 radical (unpaired) electrons. The molecule has 0 saturated heterocycles. The maximum atomic E-state index is 13.6. The van der Waals surface area contributed by atoms with E-state index in [1.165, 1.54) is 6.07 Å². The first-order valence-corrected chi connectivity index (χ1v) is 11.1. The van der Waals surface area contributed by atoms with E-state index in [1.54, 1.807) is 24.3 Å². The Morgan fingerprint density at radius 2 is 1.32 bits per heavy atom.